The summed E-state index contributed by atoms with van der Waals surface area (Å²) in [4.78, 5) is 0. The molecule has 3 atom stereocenters. The van der Waals surface area contributed by atoms with Gasteiger partial charge in [-0.1, -0.05) is 50.7 Å². The van der Waals surface area contributed by atoms with Gasteiger partial charge in [0.2, 0.25) is 0 Å². The third kappa shape index (κ3) is 5.49. The average Bonchev–Trinajstić information content (AvgIpc) is 2.97. The van der Waals surface area contributed by atoms with E-state index in [0.717, 1.165) is 37.0 Å². The van der Waals surface area contributed by atoms with Crippen molar-refractivity contribution in [3.63, 3.8) is 0 Å². The van der Waals surface area contributed by atoms with Crippen LogP contribution in [0.15, 0.2) is 12.2 Å². The molecule has 0 saturated heterocycles. The molecule has 0 aromatic rings. The fourth-order valence-electron chi connectivity index (χ4n) is 3.84. The highest BCUT2D eigenvalue weighted by atomic mass is 19.4. The lowest BCUT2D eigenvalue weighted by atomic mass is 9.88. The molecule has 1 saturated carbocycles. The molecule has 2 bridgehead atoms. The molecule has 0 aromatic heterocycles. The Morgan fingerprint density at radius 2 is 1.45 bits per heavy atom. The molecule has 1 fully saturated rings. The van der Waals surface area contributed by atoms with Crippen molar-refractivity contribution < 1.29 is 13.2 Å². The first-order valence-corrected chi connectivity index (χ1v) is 8.30. The van der Waals surface area contributed by atoms with E-state index in [0.29, 0.717) is 6.42 Å². The number of alkyl halides is 3. The third-order valence-electron chi connectivity index (χ3n) is 4.95. The highest BCUT2D eigenvalue weighted by molar-refractivity contribution is 5.09. The number of hydrogen-bond acceptors (Lipinski definition) is 0. The molecule has 0 N–H and O–H groups in total. The molecule has 116 valence electrons. The van der Waals surface area contributed by atoms with Crippen LogP contribution in [0.4, 0.5) is 13.2 Å². The van der Waals surface area contributed by atoms with Crippen molar-refractivity contribution in [2.24, 2.45) is 17.8 Å². The molecule has 0 amide bonds. The number of hydrogen-bond donors (Lipinski definition) is 0. The van der Waals surface area contributed by atoms with Gasteiger partial charge in [-0.15, -0.1) is 0 Å². The zero-order valence-corrected chi connectivity index (χ0v) is 12.3. The molecule has 0 spiro atoms. The number of allylic oxidation sites excluding steroid dienone is 2. The first-order chi connectivity index (χ1) is 9.54. The van der Waals surface area contributed by atoms with Crippen molar-refractivity contribution in [1.29, 1.82) is 0 Å². The maximum atomic E-state index is 11.9. The summed E-state index contributed by atoms with van der Waals surface area (Å²) in [7, 11) is 0. The van der Waals surface area contributed by atoms with Gasteiger partial charge in [0.15, 0.2) is 0 Å². The van der Waals surface area contributed by atoms with Gasteiger partial charge >= 0.3 is 6.18 Å². The van der Waals surface area contributed by atoms with Crippen LogP contribution in [0.25, 0.3) is 0 Å². The van der Waals surface area contributed by atoms with Crippen molar-refractivity contribution in [3.05, 3.63) is 12.2 Å². The fourth-order valence-corrected chi connectivity index (χ4v) is 3.84. The quantitative estimate of drug-likeness (QED) is 0.346. The molecule has 20 heavy (non-hydrogen) atoms. The lowest BCUT2D eigenvalue weighted by Gasteiger charge is -2.17. The van der Waals surface area contributed by atoms with Gasteiger partial charge in [-0.2, -0.15) is 13.2 Å². The van der Waals surface area contributed by atoms with E-state index < -0.39 is 12.6 Å². The van der Waals surface area contributed by atoms with E-state index in [1.807, 2.05) is 0 Å². The summed E-state index contributed by atoms with van der Waals surface area (Å²) in [6.45, 7) is 0. The summed E-state index contributed by atoms with van der Waals surface area (Å²) in [5.41, 5.74) is 0. The second kappa shape index (κ2) is 7.51. The van der Waals surface area contributed by atoms with Gasteiger partial charge in [-0.3, -0.25) is 0 Å². The largest absolute Gasteiger partial charge is 0.389 e. The zero-order chi connectivity index (χ0) is 14.4. The van der Waals surface area contributed by atoms with Crippen LogP contribution >= 0.6 is 0 Å². The van der Waals surface area contributed by atoms with Crippen LogP contribution in [-0.2, 0) is 0 Å². The van der Waals surface area contributed by atoms with Crippen molar-refractivity contribution in [1.82, 2.24) is 0 Å². The Balaban J connectivity index is 1.37. The molecule has 0 heterocycles. The molecule has 2 aliphatic rings. The normalized spacial score (nSPS) is 28.4. The predicted octanol–water partition coefficient (Wildman–Crippen LogP) is 6.27. The first kappa shape index (κ1) is 15.9. The van der Waals surface area contributed by atoms with Crippen LogP contribution in [0.1, 0.15) is 70.6 Å². The van der Waals surface area contributed by atoms with Gasteiger partial charge in [0.1, 0.15) is 0 Å². The molecule has 3 unspecified atom stereocenters. The molecule has 2 aliphatic carbocycles. The van der Waals surface area contributed by atoms with Crippen molar-refractivity contribution >= 4 is 0 Å². The van der Waals surface area contributed by atoms with Crippen LogP contribution < -0.4 is 0 Å². The molecular weight excluding hydrogens is 261 g/mol. The SMILES string of the molecule is FC(F)(F)CCCCCCCCCC1CC2C=CC1C2. The van der Waals surface area contributed by atoms with Crippen LogP contribution in [0.2, 0.25) is 0 Å². The smallest absolute Gasteiger partial charge is 0.171 e. The van der Waals surface area contributed by atoms with Crippen molar-refractivity contribution in [2.45, 2.75) is 76.8 Å². The van der Waals surface area contributed by atoms with Crippen LogP contribution in [0.5, 0.6) is 0 Å². The van der Waals surface area contributed by atoms with Crippen LogP contribution in [-0.4, -0.2) is 6.18 Å². The van der Waals surface area contributed by atoms with Crippen molar-refractivity contribution in [2.75, 3.05) is 0 Å². The van der Waals surface area contributed by atoms with E-state index in [1.165, 1.54) is 38.5 Å². The van der Waals surface area contributed by atoms with Crippen LogP contribution in [0.3, 0.4) is 0 Å². The van der Waals surface area contributed by atoms with Gasteiger partial charge in [-0.05, 0) is 43.4 Å². The van der Waals surface area contributed by atoms with Crippen molar-refractivity contribution in [3.8, 4) is 0 Å². The minimum Gasteiger partial charge on any atom is -0.171 e. The lowest BCUT2D eigenvalue weighted by Crippen LogP contribution is -2.06. The van der Waals surface area contributed by atoms with Crippen LogP contribution in [0, 0.1) is 17.8 Å². The van der Waals surface area contributed by atoms with E-state index in [1.54, 1.807) is 0 Å². The highest BCUT2D eigenvalue weighted by Gasteiger charge is 2.34. The summed E-state index contributed by atoms with van der Waals surface area (Å²) in [6, 6.07) is 0. The second-order valence-corrected chi connectivity index (χ2v) is 6.67. The number of fused-ring (bicyclic) bond motifs is 2. The summed E-state index contributed by atoms with van der Waals surface area (Å²) < 4.78 is 35.8. The molecule has 0 radical (unpaired) electrons. The molecule has 0 nitrogen and oxygen atoms in total. The highest BCUT2D eigenvalue weighted by Crippen LogP contribution is 2.45. The maximum absolute atomic E-state index is 11.9. The fraction of sp³-hybridized carbons (Fsp3) is 0.882. The molecule has 0 aromatic carbocycles. The number of halogens is 3. The minimum atomic E-state index is -3.96. The van der Waals surface area contributed by atoms with E-state index in [2.05, 4.69) is 12.2 Å². The Labute approximate surface area is 120 Å². The van der Waals surface area contributed by atoms with Gasteiger partial charge in [-0.25, -0.2) is 0 Å². The lowest BCUT2D eigenvalue weighted by molar-refractivity contribution is -0.135. The zero-order valence-electron chi connectivity index (χ0n) is 12.3. The average molecular weight is 288 g/mol. The summed E-state index contributed by atoms with van der Waals surface area (Å²) in [5, 5.41) is 0. The van der Waals surface area contributed by atoms with E-state index in [4.69, 9.17) is 0 Å². The Hall–Kier alpha value is -0.470. The second-order valence-electron chi connectivity index (χ2n) is 6.67. The first-order valence-electron chi connectivity index (χ1n) is 8.30. The Bertz CT molecular complexity index is 306. The maximum Gasteiger partial charge on any atom is 0.389 e. The van der Waals surface area contributed by atoms with E-state index in [9.17, 15) is 13.2 Å². The Morgan fingerprint density at radius 1 is 0.800 bits per heavy atom. The monoisotopic (exact) mass is 288 g/mol. The van der Waals surface area contributed by atoms with Gasteiger partial charge in [0.25, 0.3) is 0 Å². The topological polar surface area (TPSA) is 0 Å². The van der Waals surface area contributed by atoms with E-state index >= 15 is 0 Å². The Kier molecular flexibility index (Phi) is 5.98. The molecule has 3 heteroatoms. The predicted molar refractivity (Wildman–Crippen MR) is 76.5 cm³/mol. The summed E-state index contributed by atoms with van der Waals surface area (Å²) >= 11 is 0. The summed E-state index contributed by atoms with van der Waals surface area (Å²) in [5.74, 6) is 2.66. The van der Waals surface area contributed by atoms with Gasteiger partial charge < -0.3 is 0 Å². The number of unbranched alkanes of at least 4 members (excludes halogenated alkanes) is 6. The molecular formula is C17H27F3. The number of rotatable bonds is 9. The standard InChI is InChI=1S/C17H27F3/c18-17(19,20)11-7-5-3-1-2-4-6-8-15-12-14-9-10-16(15)13-14/h9-10,14-16H,1-8,11-13H2. The Morgan fingerprint density at radius 3 is 2.00 bits per heavy atom. The van der Waals surface area contributed by atoms with E-state index in [-0.39, 0.29) is 0 Å². The summed E-state index contributed by atoms with van der Waals surface area (Å²) in [6.07, 6.45) is 11.3. The minimum absolute atomic E-state index is 0.307. The van der Waals surface area contributed by atoms with Gasteiger partial charge in [0, 0.05) is 6.42 Å². The van der Waals surface area contributed by atoms with Gasteiger partial charge in [0.05, 0.1) is 0 Å². The third-order valence-corrected chi connectivity index (χ3v) is 4.95. The molecule has 0 aliphatic heterocycles. The molecule has 2 rings (SSSR count).